The first-order valence-electron chi connectivity index (χ1n) is 7.14. The average molecular weight is 336 g/mol. The van der Waals surface area contributed by atoms with E-state index in [2.05, 4.69) is 10.3 Å². The van der Waals surface area contributed by atoms with E-state index >= 15 is 0 Å². The highest BCUT2D eigenvalue weighted by molar-refractivity contribution is 7.14. The molecule has 0 bridgehead atoms. The molecule has 2 rings (SSSR count). The second-order valence-electron chi connectivity index (χ2n) is 4.73. The van der Waals surface area contributed by atoms with Crippen molar-refractivity contribution in [3.63, 3.8) is 0 Å². The molecule has 0 radical (unpaired) electrons. The zero-order chi connectivity index (χ0) is 16.8. The summed E-state index contributed by atoms with van der Waals surface area (Å²) in [6.45, 7) is 1.89. The topological polar surface area (TPSA) is 69.7 Å². The Morgan fingerprint density at radius 3 is 2.70 bits per heavy atom. The number of ether oxygens (including phenoxy) is 3. The molecule has 0 saturated heterocycles. The predicted octanol–water partition coefficient (Wildman–Crippen LogP) is 3.19. The van der Waals surface area contributed by atoms with Gasteiger partial charge >= 0.3 is 0 Å². The Kier molecular flexibility index (Phi) is 5.95. The van der Waals surface area contributed by atoms with Gasteiger partial charge in [-0.25, -0.2) is 4.98 Å². The lowest BCUT2D eigenvalue weighted by molar-refractivity contribution is -0.125. The number of methoxy groups -OCH3 is 3. The molecule has 1 N–H and O–H groups in total. The smallest absolute Gasteiger partial charge is 0.255 e. The summed E-state index contributed by atoms with van der Waals surface area (Å²) in [7, 11) is 4.71. The third-order valence-corrected chi connectivity index (χ3v) is 4.12. The SMILES string of the molecule is CCC(OC)C(=O)Nc1nc(-c2ccc(OC)cc2OC)cs1. The summed E-state index contributed by atoms with van der Waals surface area (Å²) in [5.41, 5.74) is 1.57. The molecule has 1 unspecified atom stereocenters. The lowest BCUT2D eigenvalue weighted by Crippen LogP contribution is -2.28. The minimum atomic E-state index is -0.474. The zero-order valence-electron chi connectivity index (χ0n) is 13.6. The Morgan fingerprint density at radius 1 is 1.30 bits per heavy atom. The molecule has 0 aliphatic heterocycles. The van der Waals surface area contributed by atoms with Gasteiger partial charge in [0.05, 0.1) is 19.9 Å². The van der Waals surface area contributed by atoms with Gasteiger partial charge in [-0.15, -0.1) is 11.3 Å². The molecule has 1 amide bonds. The van der Waals surface area contributed by atoms with Crippen molar-refractivity contribution >= 4 is 22.4 Å². The van der Waals surface area contributed by atoms with Crippen molar-refractivity contribution in [1.82, 2.24) is 4.98 Å². The molecule has 1 aromatic carbocycles. The third kappa shape index (κ3) is 4.00. The second-order valence-corrected chi connectivity index (χ2v) is 5.58. The number of thiazole rings is 1. The Balaban J connectivity index is 2.21. The molecule has 124 valence electrons. The van der Waals surface area contributed by atoms with E-state index in [4.69, 9.17) is 14.2 Å². The van der Waals surface area contributed by atoms with Crippen molar-refractivity contribution in [2.24, 2.45) is 0 Å². The van der Waals surface area contributed by atoms with Crippen LogP contribution in [0.15, 0.2) is 23.6 Å². The number of anilines is 1. The molecule has 6 nitrogen and oxygen atoms in total. The standard InChI is InChI=1S/C16H20N2O4S/c1-5-13(21-3)15(19)18-16-17-12(9-23-16)11-7-6-10(20-2)8-14(11)22-4/h6-9,13H,5H2,1-4H3,(H,17,18,19). The maximum Gasteiger partial charge on any atom is 0.255 e. The van der Waals surface area contributed by atoms with E-state index in [0.717, 1.165) is 11.3 Å². The van der Waals surface area contributed by atoms with E-state index in [-0.39, 0.29) is 5.91 Å². The number of benzene rings is 1. The largest absolute Gasteiger partial charge is 0.497 e. The van der Waals surface area contributed by atoms with Crippen LogP contribution in [0.25, 0.3) is 11.3 Å². The van der Waals surface area contributed by atoms with Crippen LogP contribution in [0.2, 0.25) is 0 Å². The average Bonchev–Trinajstić information content (AvgIpc) is 3.03. The number of carbonyl (C=O) groups excluding carboxylic acids is 1. The van der Waals surface area contributed by atoms with Crippen molar-refractivity contribution in [1.29, 1.82) is 0 Å². The first-order valence-corrected chi connectivity index (χ1v) is 8.02. The summed E-state index contributed by atoms with van der Waals surface area (Å²) in [5, 5.41) is 5.17. The number of carbonyl (C=O) groups is 1. The second kappa shape index (κ2) is 7.94. The number of rotatable bonds is 7. The zero-order valence-corrected chi connectivity index (χ0v) is 14.4. The normalized spacial score (nSPS) is 11.8. The number of amides is 1. The van der Waals surface area contributed by atoms with Gasteiger partial charge < -0.3 is 14.2 Å². The molecule has 0 spiro atoms. The Labute approximate surface area is 139 Å². The third-order valence-electron chi connectivity index (χ3n) is 3.37. The minimum Gasteiger partial charge on any atom is -0.497 e. The van der Waals surface area contributed by atoms with Crippen LogP contribution in [-0.4, -0.2) is 38.3 Å². The van der Waals surface area contributed by atoms with Crippen LogP contribution in [0.4, 0.5) is 5.13 Å². The Hall–Kier alpha value is -2.12. The van der Waals surface area contributed by atoms with Gasteiger partial charge in [-0.1, -0.05) is 6.92 Å². The number of aromatic nitrogens is 1. The highest BCUT2D eigenvalue weighted by atomic mass is 32.1. The minimum absolute atomic E-state index is 0.197. The quantitative estimate of drug-likeness (QED) is 0.841. The summed E-state index contributed by atoms with van der Waals surface area (Å²) in [5.74, 6) is 1.17. The van der Waals surface area contributed by atoms with Crippen molar-refractivity contribution in [2.75, 3.05) is 26.6 Å². The van der Waals surface area contributed by atoms with Gasteiger partial charge in [0.25, 0.3) is 5.91 Å². The molecule has 1 atom stereocenters. The monoisotopic (exact) mass is 336 g/mol. The fourth-order valence-corrected chi connectivity index (χ4v) is 2.82. The fraction of sp³-hybridized carbons (Fsp3) is 0.375. The van der Waals surface area contributed by atoms with Crippen LogP contribution in [0.1, 0.15) is 13.3 Å². The molecule has 0 saturated carbocycles. The van der Waals surface area contributed by atoms with Gasteiger partial charge in [0.15, 0.2) is 5.13 Å². The van der Waals surface area contributed by atoms with Crippen molar-refractivity contribution in [2.45, 2.75) is 19.4 Å². The van der Waals surface area contributed by atoms with Crippen molar-refractivity contribution in [3.8, 4) is 22.8 Å². The van der Waals surface area contributed by atoms with Gasteiger partial charge in [0, 0.05) is 24.1 Å². The maximum absolute atomic E-state index is 12.0. The van der Waals surface area contributed by atoms with E-state index in [0.29, 0.717) is 23.1 Å². The fourth-order valence-electron chi connectivity index (χ4n) is 2.11. The van der Waals surface area contributed by atoms with Crippen molar-refractivity contribution in [3.05, 3.63) is 23.6 Å². The van der Waals surface area contributed by atoms with E-state index in [1.165, 1.54) is 18.4 Å². The Morgan fingerprint density at radius 2 is 2.09 bits per heavy atom. The summed E-state index contributed by atoms with van der Waals surface area (Å²) < 4.78 is 15.7. The molecular formula is C16H20N2O4S. The molecule has 1 heterocycles. The van der Waals surface area contributed by atoms with E-state index < -0.39 is 6.10 Å². The molecule has 7 heteroatoms. The molecular weight excluding hydrogens is 316 g/mol. The van der Waals surface area contributed by atoms with E-state index in [1.54, 1.807) is 20.3 Å². The molecule has 2 aromatic rings. The summed E-state index contributed by atoms with van der Waals surface area (Å²) >= 11 is 1.35. The Bertz CT molecular complexity index is 668. The summed E-state index contributed by atoms with van der Waals surface area (Å²) in [6.07, 6.45) is 0.130. The van der Waals surface area contributed by atoms with Gasteiger partial charge in [0.1, 0.15) is 17.6 Å². The summed E-state index contributed by atoms with van der Waals surface area (Å²) in [4.78, 5) is 16.5. The van der Waals surface area contributed by atoms with Crippen molar-refractivity contribution < 1.29 is 19.0 Å². The lowest BCUT2D eigenvalue weighted by atomic mass is 10.1. The van der Waals surface area contributed by atoms with Crippen LogP contribution in [-0.2, 0) is 9.53 Å². The molecule has 0 aliphatic rings. The first-order chi connectivity index (χ1) is 11.1. The van der Waals surface area contributed by atoms with Crippen LogP contribution in [0.3, 0.4) is 0 Å². The number of hydrogen-bond acceptors (Lipinski definition) is 6. The first kappa shape index (κ1) is 17.2. The van der Waals surface area contributed by atoms with Crippen LogP contribution < -0.4 is 14.8 Å². The summed E-state index contributed by atoms with van der Waals surface area (Å²) in [6, 6.07) is 5.51. The van der Waals surface area contributed by atoms with Crippen LogP contribution >= 0.6 is 11.3 Å². The van der Waals surface area contributed by atoms with Gasteiger partial charge in [-0.05, 0) is 18.6 Å². The molecule has 0 fully saturated rings. The lowest BCUT2D eigenvalue weighted by Gasteiger charge is -2.11. The van der Waals surface area contributed by atoms with E-state index in [1.807, 2.05) is 24.4 Å². The maximum atomic E-state index is 12.0. The molecule has 0 aliphatic carbocycles. The number of nitrogens with zero attached hydrogens (tertiary/aromatic N) is 1. The highest BCUT2D eigenvalue weighted by Crippen LogP contribution is 2.34. The van der Waals surface area contributed by atoms with Gasteiger partial charge in [-0.3, -0.25) is 10.1 Å². The van der Waals surface area contributed by atoms with E-state index in [9.17, 15) is 4.79 Å². The highest BCUT2D eigenvalue weighted by Gasteiger charge is 2.18. The predicted molar refractivity (Wildman–Crippen MR) is 90.4 cm³/mol. The van der Waals surface area contributed by atoms with Gasteiger partial charge in [0.2, 0.25) is 0 Å². The van der Waals surface area contributed by atoms with Crippen LogP contribution in [0, 0.1) is 0 Å². The molecule has 23 heavy (non-hydrogen) atoms. The van der Waals surface area contributed by atoms with Crippen LogP contribution in [0.5, 0.6) is 11.5 Å². The van der Waals surface area contributed by atoms with Gasteiger partial charge in [-0.2, -0.15) is 0 Å². The number of hydrogen-bond donors (Lipinski definition) is 1. The molecule has 1 aromatic heterocycles. The number of nitrogens with one attached hydrogen (secondary N) is 1.